The van der Waals surface area contributed by atoms with Gasteiger partial charge in [-0.2, -0.15) is 0 Å². The molecule has 0 unspecified atom stereocenters. The van der Waals surface area contributed by atoms with Crippen molar-refractivity contribution in [1.29, 1.82) is 0 Å². The first kappa shape index (κ1) is 11.7. The second-order valence-corrected chi connectivity index (χ2v) is 5.18. The molecule has 1 saturated heterocycles. The van der Waals surface area contributed by atoms with Crippen LogP contribution in [0.15, 0.2) is 18.2 Å². The van der Waals surface area contributed by atoms with Crippen LogP contribution in [0, 0.1) is 0 Å². The lowest BCUT2D eigenvalue weighted by Crippen LogP contribution is -2.34. The van der Waals surface area contributed by atoms with E-state index in [0.29, 0.717) is 6.54 Å². The molecule has 2 heterocycles. The van der Waals surface area contributed by atoms with Crippen LogP contribution in [0.2, 0.25) is 0 Å². The van der Waals surface area contributed by atoms with Crippen molar-refractivity contribution in [2.24, 2.45) is 0 Å². The Bertz CT molecular complexity index is 450. The number of hydrogen-bond donors (Lipinski definition) is 0. The topological polar surface area (TPSA) is 29.5 Å². The summed E-state index contributed by atoms with van der Waals surface area (Å²) in [5.74, 6) is 1.19. The molecule has 1 aromatic carbocycles. The van der Waals surface area contributed by atoms with Crippen LogP contribution in [-0.2, 0) is 6.42 Å². The molecule has 0 N–H and O–H groups in total. The summed E-state index contributed by atoms with van der Waals surface area (Å²) in [7, 11) is 0. The second-order valence-electron chi connectivity index (χ2n) is 5.18. The SMILES string of the molecule is O=C(CN1CCCCC1)c1ccc2c(c1)CCO2. The number of carbonyl (C=O) groups excluding carboxylic acids is 1. The number of hydrogen-bond acceptors (Lipinski definition) is 3. The zero-order chi connectivity index (χ0) is 12.4. The molecule has 0 radical (unpaired) electrons. The zero-order valence-corrected chi connectivity index (χ0v) is 10.7. The Morgan fingerprint density at radius 2 is 2.06 bits per heavy atom. The maximum absolute atomic E-state index is 12.2. The number of rotatable bonds is 3. The van der Waals surface area contributed by atoms with Gasteiger partial charge < -0.3 is 4.74 Å². The van der Waals surface area contributed by atoms with Gasteiger partial charge in [0.25, 0.3) is 0 Å². The van der Waals surface area contributed by atoms with Crippen LogP contribution in [-0.4, -0.2) is 36.9 Å². The molecule has 0 spiro atoms. The van der Waals surface area contributed by atoms with E-state index in [1.54, 1.807) is 0 Å². The first-order valence-electron chi connectivity index (χ1n) is 6.84. The van der Waals surface area contributed by atoms with Gasteiger partial charge in [0.2, 0.25) is 0 Å². The van der Waals surface area contributed by atoms with Crippen LogP contribution in [0.25, 0.3) is 0 Å². The summed E-state index contributed by atoms with van der Waals surface area (Å²) in [4.78, 5) is 14.5. The van der Waals surface area contributed by atoms with Crippen molar-refractivity contribution < 1.29 is 9.53 Å². The van der Waals surface area contributed by atoms with Crippen molar-refractivity contribution in [2.45, 2.75) is 25.7 Å². The predicted octanol–water partition coefficient (Wildman–Crippen LogP) is 2.29. The Balaban J connectivity index is 1.68. The Morgan fingerprint density at radius 3 is 2.89 bits per heavy atom. The van der Waals surface area contributed by atoms with E-state index in [9.17, 15) is 4.79 Å². The highest BCUT2D eigenvalue weighted by Crippen LogP contribution is 2.26. The molecule has 96 valence electrons. The number of benzene rings is 1. The molecule has 0 aromatic heterocycles. The van der Waals surface area contributed by atoms with Gasteiger partial charge in [-0.05, 0) is 49.7 Å². The standard InChI is InChI=1S/C15H19NO2/c17-14(11-16-7-2-1-3-8-16)12-4-5-15-13(10-12)6-9-18-15/h4-5,10H,1-3,6-9,11H2. The molecule has 3 heteroatoms. The van der Waals surface area contributed by atoms with Crippen molar-refractivity contribution in [2.75, 3.05) is 26.2 Å². The number of Topliss-reactive ketones (excluding diaryl/α,β-unsaturated/α-hetero) is 1. The number of ketones is 1. The van der Waals surface area contributed by atoms with Crippen molar-refractivity contribution in [3.63, 3.8) is 0 Å². The maximum atomic E-state index is 12.2. The monoisotopic (exact) mass is 245 g/mol. The fourth-order valence-electron chi connectivity index (χ4n) is 2.77. The molecule has 0 atom stereocenters. The minimum Gasteiger partial charge on any atom is -0.493 e. The van der Waals surface area contributed by atoms with Crippen LogP contribution in [0.5, 0.6) is 5.75 Å². The van der Waals surface area contributed by atoms with E-state index in [2.05, 4.69) is 4.90 Å². The third-order valence-corrected chi connectivity index (χ3v) is 3.83. The third-order valence-electron chi connectivity index (χ3n) is 3.83. The highest BCUT2D eigenvalue weighted by molar-refractivity contribution is 5.98. The molecule has 1 fully saturated rings. The van der Waals surface area contributed by atoms with Gasteiger partial charge in [0, 0.05) is 12.0 Å². The van der Waals surface area contributed by atoms with Crippen LogP contribution >= 0.6 is 0 Å². The first-order chi connectivity index (χ1) is 8.83. The molecule has 3 nitrogen and oxygen atoms in total. The van der Waals surface area contributed by atoms with E-state index in [4.69, 9.17) is 4.74 Å². The van der Waals surface area contributed by atoms with E-state index in [-0.39, 0.29) is 5.78 Å². The second kappa shape index (κ2) is 5.11. The van der Waals surface area contributed by atoms with Gasteiger partial charge >= 0.3 is 0 Å². The Labute approximate surface area is 108 Å². The minimum absolute atomic E-state index is 0.242. The van der Waals surface area contributed by atoms with E-state index < -0.39 is 0 Å². The van der Waals surface area contributed by atoms with Gasteiger partial charge in [-0.25, -0.2) is 0 Å². The van der Waals surface area contributed by atoms with Crippen LogP contribution in [0.3, 0.4) is 0 Å². The highest BCUT2D eigenvalue weighted by atomic mass is 16.5. The molecular formula is C15H19NO2. The zero-order valence-electron chi connectivity index (χ0n) is 10.7. The van der Waals surface area contributed by atoms with Gasteiger partial charge in [0.1, 0.15) is 5.75 Å². The minimum atomic E-state index is 0.242. The normalized spacial score (nSPS) is 19.3. The molecule has 0 saturated carbocycles. The van der Waals surface area contributed by atoms with E-state index in [1.165, 1.54) is 24.8 Å². The van der Waals surface area contributed by atoms with Gasteiger partial charge in [-0.15, -0.1) is 0 Å². The predicted molar refractivity (Wildman–Crippen MR) is 70.3 cm³/mol. The summed E-state index contributed by atoms with van der Waals surface area (Å²) < 4.78 is 5.46. The molecule has 1 aromatic rings. The van der Waals surface area contributed by atoms with Crippen LogP contribution in [0.1, 0.15) is 35.2 Å². The third kappa shape index (κ3) is 2.41. The van der Waals surface area contributed by atoms with Crippen molar-refractivity contribution in [1.82, 2.24) is 4.90 Å². The van der Waals surface area contributed by atoms with Crippen molar-refractivity contribution >= 4 is 5.78 Å². The molecular weight excluding hydrogens is 226 g/mol. The van der Waals surface area contributed by atoms with Gasteiger partial charge in [0.15, 0.2) is 5.78 Å². The lowest BCUT2D eigenvalue weighted by atomic mass is 10.0. The Hall–Kier alpha value is -1.35. The number of nitrogens with zero attached hydrogens (tertiary/aromatic N) is 1. The first-order valence-corrected chi connectivity index (χ1v) is 6.84. The summed E-state index contributed by atoms with van der Waals surface area (Å²) >= 11 is 0. The Kier molecular flexibility index (Phi) is 3.33. The highest BCUT2D eigenvalue weighted by Gasteiger charge is 2.18. The molecule has 2 aliphatic heterocycles. The molecule has 0 bridgehead atoms. The number of likely N-dealkylation sites (tertiary alicyclic amines) is 1. The average molecular weight is 245 g/mol. The van der Waals surface area contributed by atoms with E-state index in [0.717, 1.165) is 37.4 Å². The van der Waals surface area contributed by atoms with E-state index >= 15 is 0 Å². The Morgan fingerprint density at radius 1 is 1.22 bits per heavy atom. The van der Waals surface area contributed by atoms with Gasteiger partial charge in [0.05, 0.1) is 13.2 Å². The molecule has 2 aliphatic rings. The number of carbonyl (C=O) groups is 1. The maximum Gasteiger partial charge on any atom is 0.176 e. The van der Waals surface area contributed by atoms with Crippen molar-refractivity contribution in [3.8, 4) is 5.75 Å². The van der Waals surface area contributed by atoms with Crippen LogP contribution in [0.4, 0.5) is 0 Å². The number of ether oxygens (including phenoxy) is 1. The lowest BCUT2D eigenvalue weighted by Gasteiger charge is -2.25. The fourth-order valence-corrected chi connectivity index (χ4v) is 2.77. The number of fused-ring (bicyclic) bond motifs is 1. The molecule has 0 amide bonds. The summed E-state index contributed by atoms with van der Waals surface area (Å²) in [6, 6.07) is 5.84. The average Bonchev–Trinajstić information content (AvgIpc) is 2.87. The van der Waals surface area contributed by atoms with Gasteiger partial charge in [-0.3, -0.25) is 9.69 Å². The van der Waals surface area contributed by atoms with Gasteiger partial charge in [-0.1, -0.05) is 6.42 Å². The van der Waals surface area contributed by atoms with E-state index in [1.807, 2.05) is 18.2 Å². The fraction of sp³-hybridized carbons (Fsp3) is 0.533. The smallest absolute Gasteiger partial charge is 0.176 e. The molecule has 0 aliphatic carbocycles. The molecule has 3 rings (SSSR count). The van der Waals surface area contributed by atoms with Crippen LogP contribution < -0.4 is 4.74 Å². The quantitative estimate of drug-likeness (QED) is 0.765. The summed E-state index contributed by atoms with van der Waals surface area (Å²) in [6.45, 7) is 3.46. The van der Waals surface area contributed by atoms with Crippen molar-refractivity contribution in [3.05, 3.63) is 29.3 Å². The lowest BCUT2D eigenvalue weighted by molar-refractivity contribution is 0.0915. The largest absolute Gasteiger partial charge is 0.493 e. The summed E-state index contributed by atoms with van der Waals surface area (Å²) in [6.07, 6.45) is 4.69. The summed E-state index contributed by atoms with van der Waals surface area (Å²) in [5, 5.41) is 0. The number of piperidine rings is 1. The molecule has 18 heavy (non-hydrogen) atoms. The summed E-state index contributed by atoms with van der Waals surface area (Å²) in [5.41, 5.74) is 2.02.